The molecule has 11 heteroatoms. The second kappa shape index (κ2) is 11.3. The van der Waals surface area contributed by atoms with E-state index in [1.807, 2.05) is 20.8 Å². The fourth-order valence-electron chi connectivity index (χ4n) is 6.39. The van der Waals surface area contributed by atoms with Crippen molar-refractivity contribution in [1.82, 2.24) is 20.4 Å². The van der Waals surface area contributed by atoms with Crippen molar-refractivity contribution in [2.24, 2.45) is 5.92 Å². The molecular weight excluding hydrogens is 517 g/mol. The van der Waals surface area contributed by atoms with Gasteiger partial charge in [-0.2, -0.15) is 0 Å². The number of hydrogen-bond donors (Lipinski definition) is 2. The van der Waals surface area contributed by atoms with Crippen LogP contribution in [-0.4, -0.2) is 84.0 Å². The van der Waals surface area contributed by atoms with Crippen molar-refractivity contribution in [3.05, 3.63) is 29.1 Å². The lowest BCUT2D eigenvalue weighted by atomic mass is 9.85. The van der Waals surface area contributed by atoms with Gasteiger partial charge in [0.2, 0.25) is 11.8 Å². The van der Waals surface area contributed by atoms with Crippen LogP contribution in [0.3, 0.4) is 0 Å². The highest BCUT2D eigenvalue weighted by molar-refractivity contribution is 6.06. The summed E-state index contributed by atoms with van der Waals surface area (Å²) in [5, 5.41) is 5.32. The van der Waals surface area contributed by atoms with E-state index in [0.717, 1.165) is 64.0 Å². The van der Waals surface area contributed by atoms with Crippen LogP contribution >= 0.6 is 0 Å². The Labute approximate surface area is 234 Å². The van der Waals surface area contributed by atoms with Crippen LogP contribution in [0.1, 0.15) is 75.2 Å². The molecule has 1 aliphatic carbocycles. The van der Waals surface area contributed by atoms with Gasteiger partial charge in [-0.3, -0.25) is 24.6 Å². The molecule has 10 nitrogen and oxygen atoms in total. The summed E-state index contributed by atoms with van der Waals surface area (Å²) in [5.74, 6) is -1.06. The maximum absolute atomic E-state index is 14.7. The Morgan fingerprint density at radius 1 is 1.05 bits per heavy atom. The van der Waals surface area contributed by atoms with Crippen molar-refractivity contribution in [3.8, 4) is 0 Å². The van der Waals surface area contributed by atoms with E-state index in [1.165, 1.54) is 17.0 Å². The number of hydrogen-bond acceptors (Lipinski definition) is 7. The van der Waals surface area contributed by atoms with Gasteiger partial charge in [0.15, 0.2) is 0 Å². The average Bonchev–Trinajstić information content (AvgIpc) is 3.20. The lowest BCUT2D eigenvalue weighted by Gasteiger charge is -2.39. The Balaban J connectivity index is 1.14. The van der Waals surface area contributed by atoms with Crippen molar-refractivity contribution in [1.29, 1.82) is 0 Å². The first-order chi connectivity index (χ1) is 19.0. The summed E-state index contributed by atoms with van der Waals surface area (Å²) >= 11 is 0. The molecule has 218 valence electrons. The van der Waals surface area contributed by atoms with Crippen LogP contribution in [0.2, 0.25) is 0 Å². The molecular formula is C29H40FN5O5. The number of piperazine rings is 1. The van der Waals surface area contributed by atoms with Gasteiger partial charge in [0, 0.05) is 68.5 Å². The van der Waals surface area contributed by atoms with Crippen molar-refractivity contribution in [2.75, 3.05) is 37.6 Å². The molecule has 3 aliphatic heterocycles. The zero-order chi connectivity index (χ0) is 28.6. The molecule has 4 amide bonds. The summed E-state index contributed by atoms with van der Waals surface area (Å²) in [5.41, 5.74) is 1.27. The van der Waals surface area contributed by atoms with Crippen LogP contribution in [0.25, 0.3) is 0 Å². The highest BCUT2D eigenvalue weighted by Crippen LogP contribution is 2.36. The molecule has 5 rings (SSSR count). The Kier molecular flexibility index (Phi) is 8.03. The first-order valence-corrected chi connectivity index (χ1v) is 14.4. The number of carbonyl (C=O) groups is 4. The van der Waals surface area contributed by atoms with Gasteiger partial charge in [-0.05, 0) is 70.9 Å². The maximum atomic E-state index is 14.7. The first kappa shape index (κ1) is 28.3. The first-order valence-electron chi connectivity index (χ1n) is 14.4. The molecule has 0 spiro atoms. The average molecular weight is 558 g/mol. The number of benzene rings is 1. The molecule has 3 fully saturated rings. The van der Waals surface area contributed by atoms with Gasteiger partial charge in [0.25, 0.3) is 5.91 Å². The molecule has 40 heavy (non-hydrogen) atoms. The van der Waals surface area contributed by atoms with E-state index in [4.69, 9.17) is 4.74 Å². The summed E-state index contributed by atoms with van der Waals surface area (Å²) in [6.07, 6.45) is 4.10. The number of nitrogens with one attached hydrogen (secondary N) is 2. The number of ether oxygens (including phenoxy) is 1. The van der Waals surface area contributed by atoms with Crippen molar-refractivity contribution in [2.45, 2.75) is 83.5 Å². The van der Waals surface area contributed by atoms with E-state index in [1.54, 1.807) is 0 Å². The van der Waals surface area contributed by atoms with Gasteiger partial charge in [0.1, 0.15) is 17.5 Å². The van der Waals surface area contributed by atoms with E-state index in [0.29, 0.717) is 17.2 Å². The zero-order valence-electron chi connectivity index (χ0n) is 23.6. The molecule has 3 heterocycles. The van der Waals surface area contributed by atoms with Crippen LogP contribution in [0, 0.1) is 11.7 Å². The molecule has 2 saturated heterocycles. The third-order valence-corrected chi connectivity index (χ3v) is 8.39. The van der Waals surface area contributed by atoms with Crippen molar-refractivity contribution in [3.63, 3.8) is 0 Å². The van der Waals surface area contributed by atoms with Crippen LogP contribution < -0.4 is 15.5 Å². The van der Waals surface area contributed by atoms with Crippen molar-refractivity contribution < 1.29 is 28.3 Å². The summed E-state index contributed by atoms with van der Waals surface area (Å²) < 4.78 is 20.0. The number of carbonyl (C=O) groups excluding carboxylic acids is 4. The SMILES string of the molecule is CC(C)(C)OC(=O)NC1CCC(CN2CCN(c3cc(F)cc4c3CN(C3CCC(=O)NC3=O)C4=O)CC2)CC1. The number of rotatable bonds is 5. The highest BCUT2D eigenvalue weighted by atomic mass is 19.1. The summed E-state index contributed by atoms with van der Waals surface area (Å²) in [4.78, 5) is 55.3. The number of amides is 4. The number of imide groups is 1. The molecule has 0 aromatic heterocycles. The van der Waals surface area contributed by atoms with Gasteiger partial charge in [-0.25, -0.2) is 9.18 Å². The van der Waals surface area contributed by atoms with Gasteiger partial charge in [-0.1, -0.05) is 0 Å². The summed E-state index contributed by atoms with van der Waals surface area (Å²) in [7, 11) is 0. The molecule has 1 aromatic carbocycles. The normalized spacial score (nSPS) is 26.0. The predicted octanol–water partition coefficient (Wildman–Crippen LogP) is 2.79. The third-order valence-electron chi connectivity index (χ3n) is 8.39. The molecule has 4 aliphatic rings. The molecule has 1 aromatic rings. The molecule has 1 unspecified atom stereocenters. The van der Waals surface area contributed by atoms with Crippen molar-refractivity contribution >= 4 is 29.5 Å². The van der Waals surface area contributed by atoms with Gasteiger partial charge < -0.3 is 19.9 Å². The Hall–Kier alpha value is -3.21. The van der Waals surface area contributed by atoms with E-state index < -0.39 is 23.4 Å². The Morgan fingerprint density at radius 3 is 2.40 bits per heavy atom. The second-order valence-electron chi connectivity index (χ2n) is 12.5. The smallest absolute Gasteiger partial charge is 0.407 e. The van der Waals surface area contributed by atoms with Crippen LogP contribution in [0.5, 0.6) is 0 Å². The van der Waals surface area contributed by atoms with Gasteiger partial charge in [0.05, 0.1) is 0 Å². The minimum absolute atomic E-state index is 0.153. The number of nitrogens with zero attached hydrogens (tertiary/aromatic N) is 3. The molecule has 0 bridgehead atoms. The topological polar surface area (TPSA) is 111 Å². The Morgan fingerprint density at radius 2 is 1.75 bits per heavy atom. The highest BCUT2D eigenvalue weighted by Gasteiger charge is 2.41. The lowest BCUT2D eigenvalue weighted by Crippen LogP contribution is -2.52. The summed E-state index contributed by atoms with van der Waals surface area (Å²) in [6, 6.07) is 2.19. The number of alkyl carbamates (subject to hydrolysis) is 1. The van der Waals surface area contributed by atoms with E-state index in [2.05, 4.69) is 20.4 Å². The fourth-order valence-corrected chi connectivity index (χ4v) is 6.39. The van der Waals surface area contributed by atoms with Crippen LogP contribution in [0.15, 0.2) is 12.1 Å². The predicted molar refractivity (Wildman–Crippen MR) is 146 cm³/mol. The largest absolute Gasteiger partial charge is 0.444 e. The molecule has 1 saturated carbocycles. The maximum Gasteiger partial charge on any atom is 0.407 e. The standard InChI is InChI=1S/C29H40FN5O5/c1-29(2,3)40-28(39)31-20-6-4-18(5-7-20)16-33-10-12-34(13-11-33)24-15-19(30)14-21-22(24)17-35(27(21)38)23-8-9-25(36)32-26(23)37/h14-15,18,20,23H,4-13,16-17H2,1-3H3,(H,31,39)(H,32,36,37). The summed E-state index contributed by atoms with van der Waals surface area (Å²) in [6.45, 7) is 9.93. The van der Waals surface area contributed by atoms with Crippen LogP contribution in [-0.2, 0) is 20.9 Å². The van der Waals surface area contributed by atoms with Crippen LogP contribution in [0.4, 0.5) is 14.9 Å². The molecule has 1 atom stereocenters. The third kappa shape index (κ3) is 6.40. The minimum atomic E-state index is -0.722. The molecule has 2 N–H and O–H groups in total. The number of halogens is 1. The fraction of sp³-hybridized carbons (Fsp3) is 0.655. The second-order valence-corrected chi connectivity index (χ2v) is 12.5. The van der Waals surface area contributed by atoms with Gasteiger partial charge >= 0.3 is 6.09 Å². The lowest BCUT2D eigenvalue weighted by molar-refractivity contribution is -0.136. The number of anilines is 1. The van der Waals surface area contributed by atoms with E-state index >= 15 is 0 Å². The van der Waals surface area contributed by atoms with Gasteiger partial charge in [-0.15, -0.1) is 0 Å². The minimum Gasteiger partial charge on any atom is -0.444 e. The molecule has 0 radical (unpaired) electrons. The van der Waals surface area contributed by atoms with E-state index in [-0.39, 0.29) is 43.3 Å². The zero-order valence-corrected chi connectivity index (χ0v) is 23.6. The Bertz CT molecular complexity index is 1170. The van der Waals surface area contributed by atoms with E-state index in [9.17, 15) is 23.6 Å². The quantitative estimate of drug-likeness (QED) is 0.536. The number of piperidine rings is 1. The number of fused-ring (bicyclic) bond motifs is 1. The monoisotopic (exact) mass is 557 g/mol.